The lowest BCUT2D eigenvalue weighted by molar-refractivity contribution is -0.552. The molecule has 0 N–H and O–H groups in total. The van der Waals surface area contributed by atoms with Crippen LogP contribution in [0.1, 0.15) is 5.56 Å². The van der Waals surface area contributed by atoms with E-state index < -0.39 is 0 Å². The summed E-state index contributed by atoms with van der Waals surface area (Å²) in [5, 5.41) is 1.98. The Hall–Kier alpha value is -1.78. The van der Waals surface area contributed by atoms with Crippen LogP contribution >= 0.6 is 0 Å². The van der Waals surface area contributed by atoms with Gasteiger partial charge in [-0.25, -0.2) is 5.01 Å². The van der Waals surface area contributed by atoms with Gasteiger partial charge in [0.2, 0.25) is 0 Å². The Morgan fingerprint density at radius 1 is 1.53 bits per heavy atom. The van der Waals surface area contributed by atoms with Crippen LogP contribution in [0.15, 0.2) is 30.3 Å². The molecule has 5 heteroatoms. The minimum atomic E-state index is -0.194. The fourth-order valence-electron chi connectivity index (χ4n) is 1.84. The molecule has 0 bridgehead atoms. The molecule has 0 spiro atoms. The van der Waals surface area contributed by atoms with Crippen molar-refractivity contribution in [3.63, 3.8) is 0 Å². The molecule has 1 aromatic carbocycles. The zero-order chi connectivity index (χ0) is 12.3. The molecule has 1 aliphatic rings. The Labute approximate surface area is 102 Å². The Morgan fingerprint density at radius 2 is 2.24 bits per heavy atom. The minimum Gasteiger partial charge on any atom is -0.471 e. The van der Waals surface area contributed by atoms with Crippen molar-refractivity contribution in [1.82, 2.24) is 5.01 Å². The van der Waals surface area contributed by atoms with Gasteiger partial charge in [-0.15, -0.1) is 0 Å². The van der Waals surface area contributed by atoms with Gasteiger partial charge in [-0.05, 0) is 17.9 Å². The Kier molecular flexibility index (Phi) is 3.47. The van der Waals surface area contributed by atoms with Crippen molar-refractivity contribution in [3.8, 4) is 0 Å². The van der Waals surface area contributed by atoms with E-state index in [4.69, 9.17) is 4.74 Å². The molecule has 0 amide bonds. The van der Waals surface area contributed by atoms with Gasteiger partial charge in [0.25, 0.3) is 5.97 Å². The number of methoxy groups -OCH3 is 1. The average Bonchev–Trinajstić information content (AvgIpc) is 2.71. The smallest absolute Gasteiger partial charge is 0.276 e. The number of nitrogens with zero attached hydrogens (tertiary/aromatic N) is 2. The van der Waals surface area contributed by atoms with E-state index in [0.29, 0.717) is 6.54 Å². The molecule has 0 aliphatic carbocycles. The zero-order valence-electron chi connectivity index (χ0n) is 10.0. The van der Waals surface area contributed by atoms with Gasteiger partial charge in [-0.2, -0.15) is 0 Å². The summed E-state index contributed by atoms with van der Waals surface area (Å²) in [4.78, 5) is 11.4. The summed E-state index contributed by atoms with van der Waals surface area (Å²) >= 11 is 0. The van der Waals surface area contributed by atoms with Crippen LogP contribution in [-0.4, -0.2) is 49.9 Å². The molecule has 1 aromatic rings. The van der Waals surface area contributed by atoms with Crippen LogP contribution in [0.5, 0.6) is 0 Å². The van der Waals surface area contributed by atoms with E-state index in [0.717, 1.165) is 5.56 Å². The molecule has 1 heterocycles. The van der Waals surface area contributed by atoms with E-state index in [1.54, 1.807) is 0 Å². The third kappa shape index (κ3) is 2.67. The van der Waals surface area contributed by atoms with Crippen LogP contribution in [0.2, 0.25) is 5.82 Å². The fraction of sp³-hybridized carbons (Fsp3) is 0.333. The highest BCUT2D eigenvalue weighted by Gasteiger charge is 2.26. The summed E-state index contributed by atoms with van der Waals surface area (Å²) in [7, 11) is 5.23. The lowest BCUT2D eigenvalue weighted by Crippen LogP contribution is -2.26. The first-order valence-corrected chi connectivity index (χ1v) is 5.53. The minimum absolute atomic E-state index is 0.190. The average molecular weight is 230 g/mol. The number of rotatable bonds is 2. The van der Waals surface area contributed by atoms with Crippen LogP contribution in [-0.2, 0) is 9.53 Å². The molecule has 1 saturated heterocycles. The highest BCUT2D eigenvalue weighted by Crippen LogP contribution is 2.15. The number of carbonyl (C=O) groups excluding carboxylic acids is 1. The van der Waals surface area contributed by atoms with Crippen molar-refractivity contribution >= 4 is 19.6 Å². The summed E-state index contributed by atoms with van der Waals surface area (Å²) in [5.74, 6) is -0.384. The quantitative estimate of drug-likeness (QED) is 0.549. The first kappa shape index (κ1) is 11.7. The van der Waals surface area contributed by atoms with Crippen molar-refractivity contribution in [2.45, 2.75) is 5.82 Å². The van der Waals surface area contributed by atoms with E-state index in [9.17, 15) is 4.79 Å². The number of benzene rings is 1. The predicted octanol–water partition coefficient (Wildman–Crippen LogP) is 0.559. The molecule has 0 saturated carbocycles. The maximum Gasteiger partial charge on any atom is 0.276 e. The van der Waals surface area contributed by atoms with Crippen LogP contribution in [0.4, 0.5) is 0 Å². The normalized spacial score (nSPS) is 21.9. The van der Waals surface area contributed by atoms with E-state index in [1.165, 1.54) is 7.11 Å². The number of hydrazone groups is 1. The van der Waals surface area contributed by atoms with Crippen molar-refractivity contribution in [1.29, 1.82) is 0 Å². The van der Waals surface area contributed by atoms with Crippen LogP contribution in [0.25, 0.3) is 0 Å². The second-order valence-electron chi connectivity index (χ2n) is 4.04. The summed E-state index contributed by atoms with van der Waals surface area (Å²) < 4.78 is 6.67. The van der Waals surface area contributed by atoms with E-state index in [-0.39, 0.29) is 11.8 Å². The van der Waals surface area contributed by atoms with Crippen molar-refractivity contribution in [2.75, 3.05) is 20.7 Å². The summed E-state index contributed by atoms with van der Waals surface area (Å²) in [6.07, 6.45) is 1.99. The molecule has 88 valence electrons. The van der Waals surface area contributed by atoms with Gasteiger partial charge in [0, 0.05) is 12.1 Å². The first-order valence-electron chi connectivity index (χ1n) is 5.53. The van der Waals surface area contributed by atoms with Gasteiger partial charge >= 0.3 is 0 Å². The molecule has 0 unspecified atom stereocenters. The maximum atomic E-state index is 11.4. The topological polar surface area (TPSA) is 32.6 Å². The van der Waals surface area contributed by atoms with Gasteiger partial charge in [-0.1, -0.05) is 18.2 Å². The summed E-state index contributed by atoms with van der Waals surface area (Å²) in [6.45, 7) is 0.649. The number of hydrogen-bond donors (Lipinski definition) is 0. The summed E-state index contributed by atoms with van der Waals surface area (Å²) in [5.41, 5.74) is 1.10. The van der Waals surface area contributed by atoms with Crippen LogP contribution < -0.4 is 0 Å². The summed E-state index contributed by atoms with van der Waals surface area (Å²) in [6, 6.07) is 9.99. The molecular formula is C12H15BN2O2. The number of ether oxygens (including phenoxy) is 1. The fourth-order valence-corrected chi connectivity index (χ4v) is 1.84. The van der Waals surface area contributed by atoms with Gasteiger partial charge in [0.15, 0.2) is 0 Å². The number of hydrazine groups is 1. The standard InChI is InChI=1S/C12H15BN2O2/c1-14-9-11(12(16)17-2)13-15(14)8-10-6-4-3-5-7-10/h3-8,11H,9H2,1-2H3/b15-8+/t11-/m0/s1. The van der Waals surface area contributed by atoms with Gasteiger partial charge in [-0.3, -0.25) is 4.79 Å². The Bertz CT molecular complexity index is 433. The third-order valence-corrected chi connectivity index (χ3v) is 2.77. The number of carbonyl (C=O) groups is 1. The van der Waals surface area contributed by atoms with Gasteiger partial charge in [0.05, 0.1) is 14.2 Å². The van der Waals surface area contributed by atoms with Crippen molar-refractivity contribution in [2.24, 2.45) is 0 Å². The Morgan fingerprint density at radius 3 is 2.88 bits per heavy atom. The van der Waals surface area contributed by atoms with E-state index >= 15 is 0 Å². The molecule has 2 rings (SSSR count). The molecular weight excluding hydrogens is 215 g/mol. The number of esters is 1. The molecule has 2 radical (unpaired) electrons. The van der Waals surface area contributed by atoms with Crippen molar-refractivity contribution in [3.05, 3.63) is 35.9 Å². The molecule has 4 nitrogen and oxygen atoms in total. The lowest BCUT2D eigenvalue weighted by Gasteiger charge is -2.15. The molecule has 1 fully saturated rings. The molecule has 17 heavy (non-hydrogen) atoms. The van der Waals surface area contributed by atoms with E-state index in [1.807, 2.05) is 60.6 Å². The Balaban J connectivity index is 2.13. The van der Waals surface area contributed by atoms with Crippen molar-refractivity contribution < 1.29 is 14.1 Å². The SMILES string of the molecule is COC(=O)[C@H]1[B-]/[N+](=C\c2ccccc2)N(C)C1. The monoisotopic (exact) mass is 230 g/mol. The van der Waals surface area contributed by atoms with Crippen LogP contribution in [0, 0.1) is 0 Å². The van der Waals surface area contributed by atoms with E-state index in [2.05, 4.69) is 0 Å². The predicted molar refractivity (Wildman–Crippen MR) is 66.0 cm³/mol. The largest absolute Gasteiger partial charge is 0.471 e. The molecule has 0 aromatic heterocycles. The zero-order valence-corrected chi connectivity index (χ0v) is 10.0. The maximum absolute atomic E-state index is 11.4. The second kappa shape index (κ2) is 5.04. The van der Waals surface area contributed by atoms with Gasteiger partial charge in [0.1, 0.15) is 13.6 Å². The molecule has 1 atom stereocenters. The van der Waals surface area contributed by atoms with Crippen LogP contribution in [0.3, 0.4) is 0 Å². The highest BCUT2D eigenvalue weighted by atomic mass is 16.5. The van der Waals surface area contributed by atoms with Gasteiger partial charge < -0.3 is 9.33 Å². The highest BCUT2D eigenvalue weighted by molar-refractivity contribution is 6.36. The third-order valence-electron chi connectivity index (χ3n) is 2.77. The first-order chi connectivity index (χ1) is 8.20. The lowest BCUT2D eigenvalue weighted by atomic mass is 9.78. The second-order valence-corrected chi connectivity index (χ2v) is 4.04. The molecule has 1 aliphatic heterocycles. The number of hydrogen-bond acceptors (Lipinski definition) is 3.